The second kappa shape index (κ2) is 7.05. The van der Waals surface area contributed by atoms with Gasteiger partial charge in [0.1, 0.15) is 5.75 Å². The molecule has 1 aliphatic rings. The van der Waals surface area contributed by atoms with Crippen molar-refractivity contribution in [1.29, 1.82) is 0 Å². The molecule has 2 unspecified atom stereocenters. The minimum Gasteiger partial charge on any atom is -0.494 e. The van der Waals surface area contributed by atoms with E-state index in [2.05, 4.69) is 48.3 Å². The summed E-state index contributed by atoms with van der Waals surface area (Å²) in [6, 6.07) is 9.10. The molecule has 1 N–H and O–H groups in total. The Morgan fingerprint density at radius 3 is 2.67 bits per heavy atom. The summed E-state index contributed by atoms with van der Waals surface area (Å²) in [5, 5.41) is 3.64. The molecule has 2 rings (SSSR count). The lowest BCUT2D eigenvalue weighted by molar-refractivity contribution is 0.339. The molecule has 0 bridgehead atoms. The molecule has 0 saturated carbocycles. The van der Waals surface area contributed by atoms with Crippen molar-refractivity contribution in [1.82, 2.24) is 5.32 Å². The van der Waals surface area contributed by atoms with Crippen molar-refractivity contribution in [2.45, 2.75) is 26.3 Å². The Morgan fingerprint density at radius 2 is 2.11 bits per heavy atom. The first kappa shape index (κ1) is 13.8. The summed E-state index contributed by atoms with van der Waals surface area (Å²) in [5.41, 5.74) is 1.40. The van der Waals surface area contributed by atoms with Gasteiger partial charge in [0.25, 0.3) is 0 Å². The normalized spacial score (nSPS) is 20.9. The number of nitrogens with one attached hydrogen (secondary N) is 1. The molecular formula is C15H23NOS. The second-order valence-electron chi connectivity index (χ2n) is 4.66. The minimum atomic E-state index is 0.501. The molecule has 1 saturated heterocycles. The highest BCUT2D eigenvalue weighted by Gasteiger charge is 2.25. The first-order valence-electron chi connectivity index (χ1n) is 6.89. The van der Waals surface area contributed by atoms with E-state index < -0.39 is 0 Å². The van der Waals surface area contributed by atoms with Crippen molar-refractivity contribution in [3.05, 3.63) is 29.8 Å². The average molecular weight is 265 g/mol. The van der Waals surface area contributed by atoms with Crippen LogP contribution in [0.5, 0.6) is 5.75 Å². The van der Waals surface area contributed by atoms with Crippen LogP contribution in [0.2, 0.25) is 0 Å². The molecule has 3 heteroatoms. The second-order valence-corrected chi connectivity index (χ2v) is 5.81. The summed E-state index contributed by atoms with van der Waals surface area (Å²) in [6.07, 6.45) is 1.33. The fourth-order valence-electron chi connectivity index (χ4n) is 2.53. The molecule has 1 aromatic rings. The zero-order valence-corrected chi connectivity index (χ0v) is 12.1. The van der Waals surface area contributed by atoms with E-state index in [0.717, 1.165) is 24.8 Å². The molecule has 100 valence electrons. The number of thioether (sulfide) groups is 1. The molecule has 1 aromatic carbocycles. The molecule has 2 atom stereocenters. The number of rotatable bonds is 6. The SMILES string of the molecule is CCNC(c1ccc(OCC)cc1)C1CCSC1. The summed E-state index contributed by atoms with van der Waals surface area (Å²) in [5.74, 6) is 4.33. The van der Waals surface area contributed by atoms with E-state index in [1.165, 1.54) is 23.5 Å². The maximum absolute atomic E-state index is 5.50. The van der Waals surface area contributed by atoms with Gasteiger partial charge >= 0.3 is 0 Å². The summed E-state index contributed by atoms with van der Waals surface area (Å²) >= 11 is 2.08. The quantitative estimate of drug-likeness (QED) is 0.851. The molecule has 0 radical (unpaired) electrons. The van der Waals surface area contributed by atoms with Crippen LogP contribution in [0, 0.1) is 5.92 Å². The van der Waals surface area contributed by atoms with E-state index in [4.69, 9.17) is 4.74 Å². The van der Waals surface area contributed by atoms with Gasteiger partial charge in [-0.05, 0) is 55.0 Å². The van der Waals surface area contributed by atoms with Gasteiger partial charge in [-0.25, -0.2) is 0 Å². The Morgan fingerprint density at radius 1 is 1.33 bits per heavy atom. The van der Waals surface area contributed by atoms with Crippen LogP contribution < -0.4 is 10.1 Å². The maximum atomic E-state index is 5.50. The largest absolute Gasteiger partial charge is 0.494 e. The summed E-state index contributed by atoms with van der Waals surface area (Å²) < 4.78 is 5.50. The monoisotopic (exact) mass is 265 g/mol. The fourth-order valence-corrected chi connectivity index (χ4v) is 3.83. The van der Waals surface area contributed by atoms with Crippen molar-refractivity contribution >= 4 is 11.8 Å². The van der Waals surface area contributed by atoms with Gasteiger partial charge in [0.05, 0.1) is 6.61 Å². The summed E-state index contributed by atoms with van der Waals surface area (Å²) in [4.78, 5) is 0. The van der Waals surface area contributed by atoms with Crippen LogP contribution in [0.25, 0.3) is 0 Å². The van der Waals surface area contributed by atoms with Crippen LogP contribution in [-0.2, 0) is 0 Å². The first-order valence-corrected chi connectivity index (χ1v) is 8.04. The van der Waals surface area contributed by atoms with Gasteiger partial charge in [-0.1, -0.05) is 19.1 Å². The standard InChI is InChI=1S/C15H23NOS/c1-3-16-15(13-9-10-18-11-13)12-5-7-14(8-6-12)17-4-2/h5-8,13,15-16H,3-4,9-11H2,1-2H3. The topological polar surface area (TPSA) is 21.3 Å². The number of benzene rings is 1. The van der Waals surface area contributed by atoms with Crippen molar-refractivity contribution in [2.24, 2.45) is 5.92 Å². The van der Waals surface area contributed by atoms with Gasteiger partial charge in [0.15, 0.2) is 0 Å². The van der Waals surface area contributed by atoms with Gasteiger partial charge in [0, 0.05) is 6.04 Å². The highest BCUT2D eigenvalue weighted by Crippen LogP contribution is 2.34. The van der Waals surface area contributed by atoms with Crippen LogP contribution in [-0.4, -0.2) is 24.7 Å². The van der Waals surface area contributed by atoms with E-state index in [1.54, 1.807) is 0 Å². The van der Waals surface area contributed by atoms with Crippen LogP contribution in [0.3, 0.4) is 0 Å². The highest BCUT2D eigenvalue weighted by molar-refractivity contribution is 7.99. The smallest absolute Gasteiger partial charge is 0.119 e. The van der Waals surface area contributed by atoms with Crippen molar-refractivity contribution < 1.29 is 4.74 Å². The van der Waals surface area contributed by atoms with E-state index in [-0.39, 0.29) is 0 Å². The molecule has 0 aliphatic carbocycles. The van der Waals surface area contributed by atoms with Gasteiger partial charge < -0.3 is 10.1 Å². The molecule has 0 amide bonds. The van der Waals surface area contributed by atoms with Crippen LogP contribution in [0.4, 0.5) is 0 Å². The number of hydrogen-bond acceptors (Lipinski definition) is 3. The predicted molar refractivity (Wildman–Crippen MR) is 79.5 cm³/mol. The van der Waals surface area contributed by atoms with E-state index in [9.17, 15) is 0 Å². The van der Waals surface area contributed by atoms with Crippen LogP contribution in [0.15, 0.2) is 24.3 Å². The molecule has 0 aromatic heterocycles. The Balaban J connectivity index is 2.09. The van der Waals surface area contributed by atoms with Gasteiger partial charge in [-0.15, -0.1) is 0 Å². The maximum Gasteiger partial charge on any atom is 0.119 e. The Bertz CT molecular complexity index is 346. The lowest BCUT2D eigenvalue weighted by atomic mass is 9.92. The molecular weight excluding hydrogens is 242 g/mol. The van der Waals surface area contributed by atoms with Crippen molar-refractivity contribution in [3.63, 3.8) is 0 Å². The van der Waals surface area contributed by atoms with E-state index in [1.807, 2.05) is 6.92 Å². The Kier molecular flexibility index (Phi) is 5.39. The first-order chi connectivity index (χ1) is 8.85. The minimum absolute atomic E-state index is 0.501. The van der Waals surface area contributed by atoms with Gasteiger partial charge in [0.2, 0.25) is 0 Å². The van der Waals surface area contributed by atoms with E-state index >= 15 is 0 Å². The fraction of sp³-hybridized carbons (Fsp3) is 0.600. The van der Waals surface area contributed by atoms with Crippen molar-refractivity contribution in [2.75, 3.05) is 24.7 Å². The molecule has 1 aliphatic heterocycles. The van der Waals surface area contributed by atoms with Gasteiger partial charge in [-0.2, -0.15) is 11.8 Å². The third-order valence-electron chi connectivity index (χ3n) is 3.41. The molecule has 2 nitrogen and oxygen atoms in total. The Labute approximate surface area is 114 Å². The highest BCUT2D eigenvalue weighted by atomic mass is 32.2. The Hall–Kier alpha value is -0.670. The number of ether oxygens (including phenoxy) is 1. The predicted octanol–water partition coefficient (Wildman–Crippen LogP) is 3.49. The summed E-state index contributed by atoms with van der Waals surface area (Å²) in [7, 11) is 0. The third-order valence-corrected chi connectivity index (χ3v) is 4.60. The molecule has 1 heterocycles. The average Bonchev–Trinajstić information content (AvgIpc) is 2.91. The molecule has 18 heavy (non-hydrogen) atoms. The third kappa shape index (κ3) is 3.42. The van der Waals surface area contributed by atoms with Crippen LogP contribution in [0.1, 0.15) is 31.9 Å². The van der Waals surface area contributed by atoms with E-state index in [0.29, 0.717) is 6.04 Å². The molecule has 1 fully saturated rings. The lowest BCUT2D eigenvalue weighted by Crippen LogP contribution is -2.28. The van der Waals surface area contributed by atoms with Crippen LogP contribution >= 0.6 is 11.8 Å². The zero-order valence-electron chi connectivity index (χ0n) is 11.3. The molecule has 0 spiro atoms. The summed E-state index contributed by atoms with van der Waals surface area (Å²) in [6.45, 7) is 5.96. The lowest BCUT2D eigenvalue weighted by Gasteiger charge is -2.24. The van der Waals surface area contributed by atoms with Gasteiger partial charge in [-0.3, -0.25) is 0 Å². The zero-order chi connectivity index (χ0) is 12.8. The number of hydrogen-bond donors (Lipinski definition) is 1. The van der Waals surface area contributed by atoms with Crippen molar-refractivity contribution in [3.8, 4) is 5.75 Å².